The van der Waals surface area contributed by atoms with E-state index >= 15 is 0 Å². The maximum atomic E-state index is 12.7. The molecule has 0 unspecified atom stereocenters. The molecule has 0 saturated carbocycles. The minimum absolute atomic E-state index is 0. The zero-order valence-electron chi connectivity index (χ0n) is 5.94. The fourth-order valence-corrected chi connectivity index (χ4v) is 0.675. The highest BCUT2D eigenvalue weighted by atomic mass is 35.5. The highest BCUT2D eigenvalue weighted by molar-refractivity contribution is 6.58. The number of hydrogen-bond acceptors (Lipinski definition) is 4. The molecule has 0 aliphatic rings. The SMILES string of the molecule is Cl.Nc1nccc(B(O)O)c1F. The van der Waals surface area contributed by atoms with Crippen LogP contribution in [0.25, 0.3) is 0 Å². The Kier molecular flexibility index (Phi) is 3.95. The number of nitrogens with two attached hydrogens (primary N) is 1. The van der Waals surface area contributed by atoms with Gasteiger partial charge in [0.25, 0.3) is 0 Å². The minimum Gasteiger partial charge on any atom is -0.423 e. The van der Waals surface area contributed by atoms with Gasteiger partial charge < -0.3 is 15.8 Å². The summed E-state index contributed by atoms with van der Waals surface area (Å²) in [7, 11) is -1.85. The standard InChI is InChI=1S/C5H6BFN2O2.ClH/c7-4-3(6(10)11)1-2-9-5(4)8;/h1-2,10-11H,(H2,8,9);1H. The first-order chi connectivity index (χ1) is 5.13. The third kappa shape index (κ3) is 2.07. The van der Waals surface area contributed by atoms with Crippen molar-refractivity contribution in [1.82, 2.24) is 4.98 Å². The van der Waals surface area contributed by atoms with Crippen LogP contribution in [0.3, 0.4) is 0 Å². The van der Waals surface area contributed by atoms with Crippen molar-refractivity contribution in [1.29, 1.82) is 0 Å². The van der Waals surface area contributed by atoms with E-state index in [-0.39, 0.29) is 23.7 Å². The van der Waals surface area contributed by atoms with Crippen molar-refractivity contribution in [2.24, 2.45) is 0 Å². The van der Waals surface area contributed by atoms with E-state index in [1.165, 1.54) is 6.20 Å². The van der Waals surface area contributed by atoms with E-state index in [4.69, 9.17) is 15.8 Å². The Morgan fingerprint density at radius 1 is 1.50 bits per heavy atom. The monoisotopic (exact) mass is 192 g/mol. The van der Waals surface area contributed by atoms with Crippen LogP contribution in [0.5, 0.6) is 0 Å². The van der Waals surface area contributed by atoms with Crippen LogP contribution in [0.2, 0.25) is 0 Å². The Morgan fingerprint density at radius 3 is 2.50 bits per heavy atom. The average Bonchev–Trinajstić information content (AvgIpc) is 1.94. The normalized spacial score (nSPS) is 8.92. The van der Waals surface area contributed by atoms with Gasteiger partial charge in [0, 0.05) is 11.7 Å². The summed E-state index contributed by atoms with van der Waals surface area (Å²) >= 11 is 0. The van der Waals surface area contributed by atoms with Gasteiger partial charge in [-0.3, -0.25) is 0 Å². The lowest BCUT2D eigenvalue weighted by Gasteiger charge is -2.01. The second-order valence-corrected chi connectivity index (χ2v) is 1.97. The smallest absolute Gasteiger partial charge is 0.423 e. The molecule has 0 fully saturated rings. The molecular formula is C5H7BClFN2O2. The fraction of sp³-hybridized carbons (Fsp3) is 0. The lowest BCUT2D eigenvalue weighted by Crippen LogP contribution is -2.33. The Balaban J connectivity index is 0.00000121. The van der Waals surface area contributed by atoms with Crippen molar-refractivity contribution >= 4 is 30.8 Å². The number of rotatable bonds is 1. The number of aromatic nitrogens is 1. The fourth-order valence-electron chi connectivity index (χ4n) is 0.675. The van der Waals surface area contributed by atoms with Crippen LogP contribution in [0.4, 0.5) is 10.2 Å². The predicted octanol–water partition coefficient (Wildman–Crippen LogP) is -1.10. The molecule has 0 aliphatic heterocycles. The highest BCUT2D eigenvalue weighted by Crippen LogP contribution is 2.00. The highest BCUT2D eigenvalue weighted by Gasteiger charge is 2.17. The van der Waals surface area contributed by atoms with Crippen LogP contribution in [0, 0.1) is 5.82 Å². The van der Waals surface area contributed by atoms with Crippen LogP contribution < -0.4 is 11.2 Å². The summed E-state index contributed by atoms with van der Waals surface area (Å²) in [5.41, 5.74) is 4.78. The number of nitrogens with zero attached hydrogens (tertiary/aromatic N) is 1. The zero-order chi connectivity index (χ0) is 8.43. The third-order valence-electron chi connectivity index (χ3n) is 1.22. The molecule has 0 saturated heterocycles. The van der Waals surface area contributed by atoms with Crippen LogP contribution in [0.15, 0.2) is 12.3 Å². The van der Waals surface area contributed by atoms with E-state index in [2.05, 4.69) is 4.98 Å². The van der Waals surface area contributed by atoms with Gasteiger partial charge in [-0.25, -0.2) is 9.37 Å². The third-order valence-corrected chi connectivity index (χ3v) is 1.22. The van der Waals surface area contributed by atoms with Crippen molar-refractivity contribution in [2.45, 2.75) is 0 Å². The summed E-state index contributed by atoms with van der Waals surface area (Å²) < 4.78 is 12.7. The molecule has 0 radical (unpaired) electrons. The first-order valence-corrected chi connectivity index (χ1v) is 2.89. The molecule has 7 heteroatoms. The molecule has 1 aromatic heterocycles. The largest absolute Gasteiger partial charge is 0.491 e. The summed E-state index contributed by atoms with van der Waals surface area (Å²) in [6, 6.07) is 1.15. The Hall–Kier alpha value is -0.845. The van der Waals surface area contributed by atoms with Crippen LogP contribution in [0.1, 0.15) is 0 Å². The average molecular weight is 192 g/mol. The summed E-state index contributed by atoms with van der Waals surface area (Å²) in [5, 5.41) is 17.1. The first-order valence-electron chi connectivity index (χ1n) is 2.89. The minimum atomic E-state index is -1.85. The van der Waals surface area contributed by atoms with Gasteiger partial charge in [0.1, 0.15) is 0 Å². The molecule has 66 valence electrons. The lowest BCUT2D eigenvalue weighted by molar-refractivity contribution is 0.423. The van der Waals surface area contributed by atoms with Gasteiger partial charge in [-0.2, -0.15) is 0 Å². The van der Waals surface area contributed by atoms with Gasteiger partial charge >= 0.3 is 7.12 Å². The lowest BCUT2D eigenvalue weighted by atomic mass is 9.80. The number of anilines is 1. The molecule has 1 rings (SSSR count). The Morgan fingerprint density at radius 2 is 2.08 bits per heavy atom. The van der Waals surface area contributed by atoms with Crippen molar-refractivity contribution < 1.29 is 14.4 Å². The Labute approximate surface area is 74.8 Å². The molecule has 4 nitrogen and oxygen atoms in total. The van der Waals surface area contributed by atoms with Crippen LogP contribution >= 0.6 is 12.4 Å². The molecule has 0 atom stereocenters. The van der Waals surface area contributed by atoms with Gasteiger partial charge in [-0.15, -0.1) is 12.4 Å². The van der Waals surface area contributed by atoms with E-state index in [1.807, 2.05) is 0 Å². The number of halogens is 2. The van der Waals surface area contributed by atoms with Gasteiger partial charge in [0.05, 0.1) is 0 Å². The van der Waals surface area contributed by atoms with Crippen LogP contribution in [-0.2, 0) is 0 Å². The Bertz CT molecular complexity index is 274. The van der Waals surface area contributed by atoms with E-state index < -0.39 is 12.9 Å². The van der Waals surface area contributed by atoms with Crippen LogP contribution in [-0.4, -0.2) is 22.2 Å². The maximum Gasteiger partial charge on any atom is 0.491 e. The summed E-state index contributed by atoms with van der Waals surface area (Å²) in [6.07, 6.45) is 1.20. The quantitative estimate of drug-likeness (QED) is 0.494. The van der Waals surface area contributed by atoms with Gasteiger partial charge in [-0.1, -0.05) is 0 Å². The molecule has 0 aliphatic carbocycles. The second kappa shape index (κ2) is 4.25. The predicted molar refractivity (Wildman–Crippen MR) is 45.7 cm³/mol. The molecule has 12 heavy (non-hydrogen) atoms. The maximum absolute atomic E-state index is 12.7. The summed E-state index contributed by atoms with van der Waals surface area (Å²) in [4.78, 5) is 3.40. The summed E-state index contributed by atoms with van der Waals surface area (Å²) in [6.45, 7) is 0. The number of nitrogen functional groups attached to an aromatic ring is 1. The first kappa shape index (κ1) is 11.2. The molecule has 1 heterocycles. The van der Waals surface area contributed by atoms with Gasteiger partial charge in [0.15, 0.2) is 11.6 Å². The molecular weight excluding hydrogens is 185 g/mol. The van der Waals surface area contributed by atoms with Crippen molar-refractivity contribution in [3.05, 3.63) is 18.1 Å². The van der Waals surface area contributed by atoms with E-state index in [9.17, 15) is 4.39 Å². The summed E-state index contributed by atoms with van der Waals surface area (Å²) in [5.74, 6) is -1.22. The molecule has 0 amide bonds. The van der Waals surface area contributed by atoms with Crippen molar-refractivity contribution in [2.75, 3.05) is 5.73 Å². The molecule has 0 aromatic carbocycles. The van der Waals surface area contributed by atoms with E-state index in [0.29, 0.717) is 0 Å². The van der Waals surface area contributed by atoms with Gasteiger partial charge in [0.2, 0.25) is 0 Å². The molecule has 4 N–H and O–H groups in total. The topological polar surface area (TPSA) is 79.4 Å². The zero-order valence-corrected chi connectivity index (χ0v) is 6.75. The van der Waals surface area contributed by atoms with Crippen molar-refractivity contribution in [3.8, 4) is 0 Å². The number of hydrogen-bond donors (Lipinski definition) is 3. The van der Waals surface area contributed by atoms with Gasteiger partial charge in [-0.05, 0) is 6.07 Å². The second-order valence-electron chi connectivity index (χ2n) is 1.97. The van der Waals surface area contributed by atoms with E-state index in [1.54, 1.807) is 0 Å². The van der Waals surface area contributed by atoms with E-state index in [0.717, 1.165) is 6.07 Å². The van der Waals surface area contributed by atoms with Crippen molar-refractivity contribution in [3.63, 3.8) is 0 Å². The number of pyridine rings is 1. The molecule has 0 bridgehead atoms. The molecule has 1 aromatic rings. The molecule has 0 spiro atoms.